The molecule has 1 unspecified atom stereocenters. The molecule has 2 nitrogen and oxygen atoms in total. The summed E-state index contributed by atoms with van der Waals surface area (Å²) in [6, 6.07) is 0. The van der Waals surface area contributed by atoms with E-state index >= 15 is 0 Å². The summed E-state index contributed by atoms with van der Waals surface area (Å²) in [7, 11) is 0. The van der Waals surface area contributed by atoms with Crippen LogP contribution >= 0.6 is 0 Å². The van der Waals surface area contributed by atoms with Crippen LogP contribution in [0.4, 0.5) is 0 Å². The van der Waals surface area contributed by atoms with E-state index in [1.54, 1.807) is 0 Å². The average molecular weight is 627 g/mol. The predicted molar refractivity (Wildman–Crippen MR) is 193 cm³/mol. The van der Waals surface area contributed by atoms with Crippen molar-refractivity contribution in [1.82, 2.24) is 0 Å². The molecule has 4 fully saturated rings. The van der Waals surface area contributed by atoms with E-state index < -0.39 is 0 Å². The molecule has 2 heteroatoms. The highest BCUT2D eigenvalue weighted by molar-refractivity contribution is 5.69. The summed E-state index contributed by atoms with van der Waals surface area (Å²) in [5, 5.41) is 0. The van der Waals surface area contributed by atoms with Crippen molar-refractivity contribution in [3.8, 4) is 0 Å². The maximum absolute atomic E-state index is 13.2. The molecule has 262 valence electrons. The molecular weight excluding hydrogens is 548 g/mol. The van der Waals surface area contributed by atoms with Crippen LogP contribution in [-0.4, -0.2) is 12.1 Å². The number of unbranched alkanes of at least 4 members (excludes halogenated alkanes) is 12. The van der Waals surface area contributed by atoms with Crippen molar-refractivity contribution >= 4 is 5.97 Å². The van der Waals surface area contributed by atoms with Gasteiger partial charge in [0.15, 0.2) is 0 Å². The third-order valence-corrected chi connectivity index (χ3v) is 14.6. The normalized spacial score (nSPS) is 35.1. The molecule has 4 rings (SSSR count). The molecule has 4 saturated carbocycles. The van der Waals surface area contributed by atoms with E-state index in [0.717, 1.165) is 54.3 Å². The summed E-state index contributed by atoms with van der Waals surface area (Å²) in [5.74, 6) is 6.02. The molecule has 0 aromatic carbocycles. The molecule has 0 N–H and O–H groups in total. The number of hydrogen-bond acceptors (Lipinski definition) is 2. The van der Waals surface area contributed by atoms with Crippen LogP contribution in [0.15, 0.2) is 0 Å². The van der Waals surface area contributed by atoms with Gasteiger partial charge in [0.1, 0.15) is 6.10 Å². The van der Waals surface area contributed by atoms with Gasteiger partial charge >= 0.3 is 5.97 Å². The third-order valence-electron chi connectivity index (χ3n) is 14.6. The van der Waals surface area contributed by atoms with Gasteiger partial charge in [0.25, 0.3) is 0 Å². The van der Waals surface area contributed by atoms with E-state index in [9.17, 15) is 4.79 Å². The van der Waals surface area contributed by atoms with E-state index in [-0.39, 0.29) is 17.5 Å². The third kappa shape index (κ3) is 9.55. The number of rotatable bonds is 20. The van der Waals surface area contributed by atoms with Gasteiger partial charge in [0.05, 0.1) is 0 Å². The second-order valence-electron chi connectivity index (χ2n) is 17.9. The summed E-state index contributed by atoms with van der Waals surface area (Å²) in [5.41, 5.74) is 0.742. The minimum atomic E-state index is 0.115. The first-order chi connectivity index (χ1) is 21.7. The molecule has 0 aliphatic heterocycles. The Morgan fingerprint density at radius 1 is 0.689 bits per heavy atom. The van der Waals surface area contributed by atoms with Gasteiger partial charge < -0.3 is 4.74 Å². The predicted octanol–water partition coefficient (Wildman–Crippen LogP) is 13.5. The Bertz CT molecular complexity index is 849. The fraction of sp³-hybridized carbons (Fsp3) is 0.977. The Morgan fingerprint density at radius 2 is 1.33 bits per heavy atom. The Labute approximate surface area is 281 Å². The van der Waals surface area contributed by atoms with Gasteiger partial charge in [0, 0.05) is 11.8 Å². The molecule has 0 saturated heterocycles. The van der Waals surface area contributed by atoms with Crippen LogP contribution in [-0.2, 0) is 9.53 Å². The quantitative estimate of drug-likeness (QED) is 0.0992. The summed E-state index contributed by atoms with van der Waals surface area (Å²) >= 11 is 0. The second-order valence-corrected chi connectivity index (χ2v) is 17.9. The summed E-state index contributed by atoms with van der Waals surface area (Å²) in [6.07, 6.45) is 34.8. The topological polar surface area (TPSA) is 26.3 Å². The zero-order valence-electron chi connectivity index (χ0n) is 31.3. The fourth-order valence-corrected chi connectivity index (χ4v) is 12.0. The van der Waals surface area contributed by atoms with Gasteiger partial charge in [-0.1, -0.05) is 138 Å². The first-order valence-corrected chi connectivity index (χ1v) is 20.9. The molecule has 9 atom stereocenters. The lowest BCUT2D eigenvalue weighted by atomic mass is 9.44. The highest BCUT2D eigenvalue weighted by Crippen LogP contribution is 2.68. The molecule has 45 heavy (non-hydrogen) atoms. The maximum Gasteiger partial charge on any atom is 0.306 e. The van der Waals surface area contributed by atoms with Crippen LogP contribution in [0.5, 0.6) is 0 Å². The van der Waals surface area contributed by atoms with Gasteiger partial charge in [-0.2, -0.15) is 0 Å². The van der Waals surface area contributed by atoms with E-state index in [0.29, 0.717) is 11.8 Å². The zero-order valence-corrected chi connectivity index (χ0v) is 31.3. The molecule has 0 radical (unpaired) electrons. The van der Waals surface area contributed by atoms with Gasteiger partial charge in [-0.25, -0.2) is 0 Å². The van der Waals surface area contributed by atoms with Crippen LogP contribution in [0.1, 0.15) is 208 Å². The molecule has 4 aliphatic rings. The standard InChI is InChI=1S/C43H78O2/c1-7-8-9-10-11-12-13-14-15-16-17-18-19-26-41(44)45-40-25-21-24-35-27-28-36-38-30-29-37(34(4)23-20-22-33(2)3)42(38,5)32-31-39(36)43(35,40)6/h33-40H,7-32H2,1-6H3/t34-,35+,36+,37-,38-,39-,40?,42+,43-/m0/s1. The molecule has 0 aromatic rings. The fourth-order valence-electron chi connectivity index (χ4n) is 12.0. The summed E-state index contributed by atoms with van der Waals surface area (Å²) in [4.78, 5) is 13.2. The van der Waals surface area contributed by atoms with Gasteiger partial charge in [-0.3, -0.25) is 4.79 Å². The monoisotopic (exact) mass is 627 g/mol. The Balaban J connectivity index is 1.21. The van der Waals surface area contributed by atoms with Gasteiger partial charge in [0.2, 0.25) is 0 Å². The number of carbonyl (C=O) groups excluding carboxylic acids is 1. The van der Waals surface area contributed by atoms with Crippen LogP contribution in [0.25, 0.3) is 0 Å². The summed E-state index contributed by atoms with van der Waals surface area (Å²) in [6.45, 7) is 15.0. The molecule has 0 spiro atoms. The lowest BCUT2D eigenvalue weighted by molar-refractivity contribution is -0.192. The molecular formula is C43H78O2. The number of fused-ring (bicyclic) bond motifs is 5. The van der Waals surface area contributed by atoms with Crippen molar-refractivity contribution in [1.29, 1.82) is 0 Å². The number of ether oxygens (including phenoxy) is 1. The SMILES string of the molecule is CCCCCCCCCCCCCCCC(=O)OC1CCC[C@@H]2CC[C@@H]3[C@@H]4CC[C@@H]([C@@H](C)CCCC(C)C)[C@@]4(C)CC[C@@H]3[C@@]12C. The number of hydrogen-bond donors (Lipinski definition) is 0. The minimum absolute atomic E-state index is 0.115. The van der Waals surface area contributed by atoms with Crippen molar-refractivity contribution < 1.29 is 9.53 Å². The minimum Gasteiger partial charge on any atom is -0.462 e. The highest BCUT2D eigenvalue weighted by atomic mass is 16.5. The Kier molecular flexibility index (Phi) is 15.2. The Morgan fingerprint density at radius 3 is 1.98 bits per heavy atom. The summed E-state index contributed by atoms with van der Waals surface area (Å²) < 4.78 is 6.54. The van der Waals surface area contributed by atoms with Crippen LogP contribution in [0, 0.1) is 52.3 Å². The van der Waals surface area contributed by atoms with Gasteiger partial charge in [-0.15, -0.1) is 0 Å². The number of esters is 1. The van der Waals surface area contributed by atoms with Crippen molar-refractivity contribution in [2.24, 2.45) is 52.3 Å². The first-order valence-electron chi connectivity index (χ1n) is 20.9. The highest BCUT2D eigenvalue weighted by Gasteiger charge is 2.62. The molecule has 0 heterocycles. The zero-order chi connectivity index (χ0) is 32.3. The van der Waals surface area contributed by atoms with Crippen molar-refractivity contribution in [2.75, 3.05) is 0 Å². The van der Waals surface area contributed by atoms with Crippen molar-refractivity contribution in [2.45, 2.75) is 215 Å². The van der Waals surface area contributed by atoms with Gasteiger partial charge in [-0.05, 0) is 111 Å². The van der Waals surface area contributed by atoms with Crippen molar-refractivity contribution in [3.63, 3.8) is 0 Å². The average Bonchev–Trinajstić information content (AvgIpc) is 3.37. The molecule has 4 aliphatic carbocycles. The van der Waals surface area contributed by atoms with E-state index in [1.165, 1.54) is 148 Å². The van der Waals surface area contributed by atoms with Crippen LogP contribution < -0.4 is 0 Å². The molecule has 0 aromatic heterocycles. The van der Waals surface area contributed by atoms with E-state index in [1.807, 2.05) is 0 Å². The van der Waals surface area contributed by atoms with E-state index in [2.05, 4.69) is 41.5 Å². The smallest absolute Gasteiger partial charge is 0.306 e. The van der Waals surface area contributed by atoms with Crippen LogP contribution in [0.2, 0.25) is 0 Å². The number of carbonyl (C=O) groups is 1. The maximum atomic E-state index is 13.2. The molecule has 0 amide bonds. The Hall–Kier alpha value is -0.530. The van der Waals surface area contributed by atoms with E-state index in [4.69, 9.17) is 4.74 Å². The largest absolute Gasteiger partial charge is 0.462 e. The van der Waals surface area contributed by atoms with Crippen LogP contribution in [0.3, 0.4) is 0 Å². The first kappa shape index (κ1) is 37.3. The lowest BCUT2D eigenvalue weighted by Gasteiger charge is -2.62. The lowest BCUT2D eigenvalue weighted by Crippen LogP contribution is -2.58. The molecule has 0 bridgehead atoms. The van der Waals surface area contributed by atoms with Crippen molar-refractivity contribution in [3.05, 3.63) is 0 Å². The second kappa shape index (κ2) is 18.3.